The number of nitrogens with two attached hydrogens (primary N) is 1. The highest BCUT2D eigenvalue weighted by atomic mass is 16.5. The molecule has 242 valence electrons. The quantitative estimate of drug-likeness (QED) is 0.205. The van der Waals surface area contributed by atoms with Crippen molar-refractivity contribution in [3.8, 4) is 34.1 Å². The number of nitrogens with one attached hydrogen (secondary N) is 1. The summed E-state index contributed by atoms with van der Waals surface area (Å²) in [5.41, 5.74) is 12.4. The van der Waals surface area contributed by atoms with Gasteiger partial charge in [0.25, 0.3) is 10.9 Å². The smallest absolute Gasteiger partial charge is 0.271 e. The molecule has 3 N–H and O–H groups in total. The first-order valence-corrected chi connectivity index (χ1v) is 16.5. The first kappa shape index (κ1) is 30.0. The second kappa shape index (κ2) is 12.0. The minimum Gasteiger partial charge on any atom is -0.491 e. The van der Waals surface area contributed by atoms with Gasteiger partial charge < -0.3 is 15.8 Å². The number of likely N-dealkylation sites (tertiary alicyclic amines) is 1. The second-order valence-electron chi connectivity index (χ2n) is 13.2. The summed E-state index contributed by atoms with van der Waals surface area (Å²) >= 11 is 0. The Morgan fingerprint density at radius 1 is 0.917 bits per heavy atom. The maximum Gasteiger partial charge on any atom is 0.271 e. The van der Waals surface area contributed by atoms with Gasteiger partial charge in [-0.15, -0.1) is 0 Å². The molecule has 0 unspecified atom stereocenters. The molecular weight excluding hydrogens is 602 g/mol. The van der Waals surface area contributed by atoms with Gasteiger partial charge in [-0.05, 0) is 86.0 Å². The van der Waals surface area contributed by atoms with Crippen molar-refractivity contribution in [3.63, 3.8) is 0 Å². The van der Waals surface area contributed by atoms with Crippen LogP contribution in [-0.2, 0) is 6.54 Å². The summed E-state index contributed by atoms with van der Waals surface area (Å²) in [6.45, 7) is 3.01. The average molecular weight is 640 g/mol. The fourth-order valence-corrected chi connectivity index (χ4v) is 7.61. The number of nitrogens with zero attached hydrogens (tertiary/aromatic N) is 5. The molecule has 8 rings (SSSR count). The van der Waals surface area contributed by atoms with E-state index in [2.05, 4.69) is 56.2 Å². The van der Waals surface area contributed by atoms with Crippen LogP contribution in [-0.4, -0.2) is 50.7 Å². The molecule has 0 radical (unpaired) electrons. The van der Waals surface area contributed by atoms with Gasteiger partial charge in [0.1, 0.15) is 17.0 Å². The van der Waals surface area contributed by atoms with E-state index < -0.39 is 10.9 Å². The van der Waals surface area contributed by atoms with Gasteiger partial charge in [0.15, 0.2) is 17.2 Å². The Balaban J connectivity index is 1.00. The third-order valence-electron chi connectivity index (χ3n) is 10.2. The van der Waals surface area contributed by atoms with E-state index in [1.807, 2.05) is 42.5 Å². The summed E-state index contributed by atoms with van der Waals surface area (Å²) in [4.78, 5) is 40.7. The third kappa shape index (κ3) is 5.32. The summed E-state index contributed by atoms with van der Waals surface area (Å²) in [6, 6.07) is 26.9. The van der Waals surface area contributed by atoms with Crippen molar-refractivity contribution in [1.29, 1.82) is 0 Å². The molecule has 0 bridgehead atoms. The van der Waals surface area contributed by atoms with E-state index in [0.29, 0.717) is 22.7 Å². The van der Waals surface area contributed by atoms with Crippen LogP contribution in [0.4, 0.5) is 11.5 Å². The Labute approximate surface area is 277 Å². The predicted octanol–water partition coefficient (Wildman–Crippen LogP) is 5.58. The number of imidazole rings is 1. The molecule has 0 atom stereocenters. The average Bonchev–Trinajstić information content (AvgIpc) is 3.70. The minimum atomic E-state index is -0.530. The number of aromatic nitrogens is 4. The maximum atomic E-state index is 12.0. The molecule has 0 amide bonds. The van der Waals surface area contributed by atoms with E-state index in [-0.39, 0.29) is 11.8 Å². The van der Waals surface area contributed by atoms with Crippen molar-refractivity contribution in [2.45, 2.75) is 44.7 Å². The van der Waals surface area contributed by atoms with Crippen LogP contribution in [0.3, 0.4) is 0 Å². The molecule has 1 saturated heterocycles. The number of hydrogen-bond acceptors (Lipinski definition) is 9. The zero-order chi connectivity index (χ0) is 32.8. The van der Waals surface area contributed by atoms with Crippen LogP contribution in [0, 0.1) is 5.41 Å². The number of anilines is 2. The van der Waals surface area contributed by atoms with Crippen LogP contribution in [0.2, 0.25) is 0 Å². The van der Waals surface area contributed by atoms with Gasteiger partial charge in [-0.25, -0.2) is 15.0 Å². The third-order valence-corrected chi connectivity index (χ3v) is 10.2. The molecular formula is C38H37N7O3. The highest BCUT2D eigenvalue weighted by molar-refractivity contribution is 5.84. The number of benzene rings is 2. The molecule has 1 saturated carbocycles. The predicted molar refractivity (Wildman–Crippen MR) is 188 cm³/mol. The first-order chi connectivity index (χ1) is 23.4. The number of rotatable bonds is 8. The largest absolute Gasteiger partial charge is 0.491 e. The lowest BCUT2D eigenvalue weighted by molar-refractivity contribution is 0.176. The van der Waals surface area contributed by atoms with Gasteiger partial charge in [0.2, 0.25) is 0 Å². The minimum absolute atomic E-state index is 0.171. The van der Waals surface area contributed by atoms with E-state index >= 15 is 0 Å². The summed E-state index contributed by atoms with van der Waals surface area (Å²) in [5, 5.41) is 3.30. The molecule has 2 fully saturated rings. The van der Waals surface area contributed by atoms with Crippen molar-refractivity contribution >= 4 is 22.7 Å². The van der Waals surface area contributed by atoms with Crippen LogP contribution >= 0.6 is 0 Å². The normalized spacial score (nSPS) is 19.7. The van der Waals surface area contributed by atoms with E-state index in [1.165, 1.54) is 19.1 Å². The lowest BCUT2D eigenvalue weighted by Gasteiger charge is -2.38. The summed E-state index contributed by atoms with van der Waals surface area (Å²) in [7, 11) is 1.44. The monoisotopic (exact) mass is 639 g/mol. The molecule has 1 aliphatic carbocycles. The number of methoxy groups -OCH3 is 1. The number of nitrogen functional groups attached to an aromatic ring is 1. The Hall–Kier alpha value is -5.35. The van der Waals surface area contributed by atoms with Crippen molar-refractivity contribution < 1.29 is 4.74 Å². The van der Waals surface area contributed by atoms with Crippen LogP contribution in [0.15, 0.2) is 94.6 Å². The van der Waals surface area contributed by atoms with E-state index in [0.717, 1.165) is 79.0 Å². The summed E-state index contributed by atoms with van der Waals surface area (Å²) in [5.74, 6) is 1.30. The van der Waals surface area contributed by atoms with Gasteiger partial charge in [-0.2, -0.15) is 0 Å². The summed E-state index contributed by atoms with van der Waals surface area (Å²) in [6.07, 6.45) is 7.02. The van der Waals surface area contributed by atoms with Gasteiger partial charge in [0, 0.05) is 36.6 Å². The van der Waals surface area contributed by atoms with Crippen LogP contribution < -0.4 is 26.6 Å². The van der Waals surface area contributed by atoms with Crippen molar-refractivity contribution in [2.24, 2.45) is 5.41 Å². The van der Waals surface area contributed by atoms with Crippen molar-refractivity contribution in [1.82, 2.24) is 24.4 Å². The van der Waals surface area contributed by atoms with Gasteiger partial charge in [-0.1, -0.05) is 42.5 Å². The fourth-order valence-electron chi connectivity index (χ4n) is 7.61. The van der Waals surface area contributed by atoms with E-state index in [1.54, 1.807) is 6.20 Å². The molecule has 3 aromatic carbocycles. The lowest BCUT2D eigenvalue weighted by Crippen LogP contribution is -2.40. The van der Waals surface area contributed by atoms with Gasteiger partial charge in [0.05, 0.1) is 18.4 Å². The van der Waals surface area contributed by atoms with Gasteiger partial charge in [-0.3, -0.25) is 19.1 Å². The Morgan fingerprint density at radius 3 is 2.46 bits per heavy atom. The van der Waals surface area contributed by atoms with Crippen LogP contribution in [0.25, 0.3) is 39.5 Å². The van der Waals surface area contributed by atoms with E-state index in [9.17, 15) is 9.59 Å². The molecule has 6 aromatic rings. The van der Waals surface area contributed by atoms with Crippen molar-refractivity contribution in [3.05, 3.63) is 111 Å². The summed E-state index contributed by atoms with van der Waals surface area (Å²) < 4.78 is 7.19. The number of hydrogen-bond donors (Lipinski definition) is 2. The van der Waals surface area contributed by atoms with Gasteiger partial charge >= 0.3 is 0 Å². The molecule has 10 heteroatoms. The first-order valence-electron chi connectivity index (χ1n) is 16.5. The molecule has 1 aliphatic heterocycles. The van der Waals surface area contributed by atoms with E-state index in [4.69, 9.17) is 20.4 Å². The highest BCUT2D eigenvalue weighted by Gasteiger charge is 2.41. The molecule has 4 heterocycles. The molecule has 3 aromatic heterocycles. The molecule has 1 spiro atoms. The number of ether oxygens (including phenoxy) is 1. The number of pyridine rings is 2. The Morgan fingerprint density at radius 2 is 1.71 bits per heavy atom. The molecule has 2 aliphatic rings. The van der Waals surface area contributed by atoms with Crippen LogP contribution in [0.5, 0.6) is 5.75 Å². The fraction of sp³-hybridized carbons (Fsp3) is 0.289. The highest BCUT2D eigenvalue weighted by Crippen LogP contribution is 2.45. The zero-order valence-electron chi connectivity index (χ0n) is 26.9. The number of fused-ring (bicyclic) bond motifs is 1. The van der Waals surface area contributed by atoms with Crippen molar-refractivity contribution in [2.75, 3.05) is 31.2 Å². The Bertz CT molecular complexity index is 2180. The topological polar surface area (TPSA) is 128 Å². The SMILES string of the molecule is COc1c(NC2CCC3(CC2)CCN(Cc2ccc(-n4c(-c5cccnc5N)nc5ccc(-c6ccccc6)nc54)cc2)C3)c(=O)c1=O. The zero-order valence-corrected chi connectivity index (χ0v) is 26.9. The van der Waals surface area contributed by atoms with Crippen LogP contribution in [0.1, 0.15) is 37.7 Å². The Kier molecular flexibility index (Phi) is 7.52. The maximum absolute atomic E-state index is 12.0. The molecule has 10 nitrogen and oxygen atoms in total. The molecule has 48 heavy (non-hydrogen) atoms. The lowest BCUT2D eigenvalue weighted by atomic mass is 9.72. The standard InChI is InChI=1S/C38H37N7O3/c1-48-34-31(32(46)33(34)47)41-26-15-17-38(18-16-26)19-21-44(23-38)22-24-9-11-27(12-10-24)45-36(28-8-5-20-40-35(28)39)43-30-14-13-29(42-37(30)45)25-6-3-2-4-7-25/h2-14,20,26,41H,15-19,21-23H2,1H3,(H2,39,40). The second-order valence-corrected chi connectivity index (χ2v) is 13.2.